The molecule has 0 aromatic heterocycles. The lowest BCUT2D eigenvalue weighted by Crippen LogP contribution is -2.40. The molecule has 112 valence electrons. The summed E-state index contributed by atoms with van der Waals surface area (Å²) in [7, 11) is 0. The van der Waals surface area contributed by atoms with Gasteiger partial charge in [-0.2, -0.15) is 0 Å². The summed E-state index contributed by atoms with van der Waals surface area (Å²) in [4.78, 5) is 2.48. The van der Waals surface area contributed by atoms with E-state index in [-0.39, 0.29) is 11.1 Å². The molecule has 1 aromatic carbocycles. The Morgan fingerprint density at radius 3 is 2.55 bits per heavy atom. The summed E-state index contributed by atoms with van der Waals surface area (Å²) in [5.74, 6) is 0. The van der Waals surface area contributed by atoms with Gasteiger partial charge < -0.3 is 10.2 Å². The average molecular weight is 295 g/mol. The standard InChI is InChI=1S/C17H27ClN2/c1-16(2,3)19-12-13-8-6-9-14(18)15(13)20-11-7-10-17(20,4)5/h6,8-9,19H,7,10-12H2,1-5H3. The molecule has 0 unspecified atom stereocenters. The molecule has 2 rings (SSSR count). The van der Waals surface area contributed by atoms with Crippen LogP contribution in [0.5, 0.6) is 0 Å². The monoisotopic (exact) mass is 294 g/mol. The van der Waals surface area contributed by atoms with Gasteiger partial charge in [0, 0.05) is 24.2 Å². The lowest BCUT2D eigenvalue weighted by Gasteiger charge is -2.36. The SMILES string of the molecule is CC(C)(C)NCc1cccc(Cl)c1N1CCCC1(C)C. The smallest absolute Gasteiger partial charge is 0.0643 e. The molecule has 0 radical (unpaired) electrons. The van der Waals surface area contributed by atoms with Crippen LogP contribution in [0.25, 0.3) is 0 Å². The van der Waals surface area contributed by atoms with E-state index >= 15 is 0 Å². The Labute approximate surface area is 128 Å². The minimum Gasteiger partial charge on any atom is -0.365 e. The van der Waals surface area contributed by atoms with Crippen molar-refractivity contribution in [2.24, 2.45) is 0 Å². The van der Waals surface area contributed by atoms with E-state index in [1.165, 1.54) is 24.1 Å². The molecular formula is C17H27ClN2. The molecular weight excluding hydrogens is 268 g/mol. The molecule has 1 heterocycles. The summed E-state index contributed by atoms with van der Waals surface area (Å²) in [6.45, 7) is 13.1. The summed E-state index contributed by atoms with van der Waals surface area (Å²) in [6, 6.07) is 6.24. The summed E-state index contributed by atoms with van der Waals surface area (Å²) < 4.78 is 0. The van der Waals surface area contributed by atoms with Crippen molar-refractivity contribution in [2.75, 3.05) is 11.4 Å². The molecule has 20 heavy (non-hydrogen) atoms. The van der Waals surface area contributed by atoms with Gasteiger partial charge in [-0.05, 0) is 59.1 Å². The topological polar surface area (TPSA) is 15.3 Å². The van der Waals surface area contributed by atoms with Gasteiger partial charge in [-0.25, -0.2) is 0 Å². The number of halogens is 1. The number of rotatable bonds is 3. The third kappa shape index (κ3) is 3.48. The van der Waals surface area contributed by atoms with Gasteiger partial charge in [-0.3, -0.25) is 0 Å². The van der Waals surface area contributed by atoms with Crippen LogP contribution in [0.4, 0.5) is 5.69 Å². The van der Waals surface area contributed by atoms with E-state index in [1.807, 2.05) is 6.07 Å². The average Bonchev–Trinajstić information content (AvgIpc) is 2.65. The van der Waals surface area contributed by atoms with Crippen molar-refractivity contribution in [3.05, 3.63) is 28.8 Å². The first-order chi connectivity index (χ1) is 9.21. The number of hydrogen-bond donors (Lipinski definition) is 1. The van der Waals surface area contributed by atoms with E-state index in [0.717, 1.165) is 18.1 Å². The molecule has 0 aliphatic carbocycles. The highest BCUT2D eigenvalue weighted by Crippen LogP contribution is 2.39. The van der Waals surface area contributed by atoms with Crippen molar-refractivity contribution in [3.63, 3.8) is 0 Å². The van der Waals surface area contributed by atoms with Gasteiger partial charge in [0.15, 0.2) is 0 Å². The minimum atomic E-state index is 0.111. The Hall–Kier alpha value is -0.730. The summed E-state index contributed by atoms with van der Waals surface area (Å²) in [6.07, 6.45) is 2.47. The fraction of sp³-hybridized carbons (Fsp3) is 0.647. The summed E-state index contributed by atoms with van der Waals surface area (Å²) >= 11 is 6.52. The predicted octanol–water partition coefficient (Wildman–Crippen LogP) is 4.61. The lowest BCUT2D eigenvalue weighted by atomic mass is 10.00. The van der Waals surface area contributed by atoms with Gasteiger partial charge in [0.2, 0.25) is 0 Å². The maximum Gasteiger partial charge on any atom is 0.0643 e. The van der Waals surface area contributed by atoms with E-state index in [2.05, 4.69) is 57.0 Å². The van der Waals surface area contributed by atoms with E-state index < -0.39 is 0 Å². The van der Waals surface area contributed by atoms with Crippen LogP contribution >= 0.6 is 11.6 Å². The first-order valence-electron chi connectivity index (χ1n) is 7.51. The Morgan fingerprint density at radius 1 is 1.30 bits per heavy atom. The molecule has 1 fully saturated rings. The van der Waals surface area contributed by atoms with Crippen molar-refractivity contribution in [1.82, 2.24) is 5.32 Å². The fourth-order valence-electron chi connectivity index (χ4n) is 2.89. The van der Waals surface area contributed by atoms with E-state index in [1.54, 1.807) is 0 Å². The second kappa shape index (κ2) is 5.57. The van der Waals surface area contributed by atoms with Crippen LogP contribution in [0.15, 0.2) is 18.2 Å². The second-order valence-electron chi connectivity index (χ2n) is 7.42. The van der Waals surface area contributed by atoms with Crippen LogP contribution in [0.1, 0.15) is 53.0 Å². The van der Waals surface area contributed by atoms with Crippen molar-refractivity contribution >= 4 is 17.3 Å². The maximum absolute atomic E-state index is 6.52. The molecule has 0 atom stereocenters. The molecule has 2 nitrogen and oxygen atoms in total. The first kappa shape index (κ1) is 15.7. The maximum atomic E-state index is 6.52. The van der Waals surface area contributed by atoms with Gasteiger partial charge in [0.1, 0.15) is 0 Å². The highest BCUT2D eigenvalue weighted by Gasteiger charge is 2.34. The summed E-state index contributed by atoms with van der Waals surface area (Å²) in [5, 5.41) is 4.44. The van der Waals surface area contributed by atoms with Gasteiger partial charge in [-0.1, -0.05) is 23.7 Å². The molecule has 0 bridgehead atoms. The zero-order chi connectivity index (χ0) is 15.0. The molecule has 1 aromatic rings. The zero-order valence-electron chi connectivity index (χ0n) is 13.4. The lowest BCUT2D eigenvalue weighted by molar-refractivity contribution is 0.423. The van der Waals surface area contributed by atoms with Crippen LogP contribution in [-0.2, 0) is 6.54 Å². The number of hydrogen-bond acceptors (Lipinski definition) is 2. The van der Waals surface area contributed by atoms with Crippen LogP contribution < -0.4 is 10.2 Å². The normalized spacial score (nSPS) is 18.6. The van der Waals surface area contributed by atoms with Crippen molar-refractivity contribution in [3.8, 4) is 0 Å². The quantitative estimate of drug-likeness (QED) is 0.876. The highest BCUT2D eigenvalue weighted by atomic mass is 35.5. The highest BCUT2D eigenvalue weighted by molar-refractivity contribution is 6.33. The van der Waals surface area contributed by atoms with Crippen LogP contribution in [-0.4, -0.2) is 17.6 Å². The molecule has 3 heteroatoms. The molecule has 0 spiro atoms. The number of nitrogens with zero attached hydrogens (tertiary/aromatic N) is 1. The van der Waals surface area contributed by atoms with E-state index in [4.69, 9.17) is 11.6 Å². The number of nitrogens with one attached hydrogen (secondary N) is 1. The third-order valence-electron chi connectivity index (χ3n) is 4.05. The fourth-order valence-corrected chi connectivity index (χ4v) is 3.18. The Bertz CT molecular complexity index is 474. The molecule has 0 saturated carbocycles. The zero-order valence-corrected chi connectivity index (χ0v) is 14.1. The van der Waals surface area contributed by atoms with Gasteiger partial charge >= 0.3 is 0 Å². The third-order valence-corrected chi connectivity index (χ3v) is 4.36. The molecule has 1 aliphatic rings. The number of anilines is 1. The first-order valence-corrected chi connectivity index (χ1v) is 7.89. The minimum absolute atomic E-state index is 0.111. The Morgan fingerprint density at radius 2 is 2.00 bits per heavy atom. The molecule has 1 N–H and O–H groups in total. The molecule has 1 aliphatic heterocycles. The number of benzene rings is 1. The van der Waals surface area contributed by atoms with E-state index in [9.17, 15) is 0 Å². The van der Waals surface area contributed by atoms with Crippen LogP contribution in [0.2, 0.25) is 5.02 Å². The van der Waals surface area contributed by atoms with Gasteiger partial charge in [0.25, 0.3) is 0 Å². The Kier molecular flexibility index (Phi) is 4.36. The van der Waals surface area contributed by atoms with Crippen molar-refractivity contribution in [2.45, 2.75) is 65.1 Å². The predicted molar refractivity (Wildman–Crippen MR) is 88.7 cm³/mol. The number of para-hydroxylation sites is 1. The second-order valence-corrected chi connectivity index (χ2v) is 7.83. The Balaban J connectivity index is 2.32. The van der Waals surface area contributed by atoms with E-state index in [0.29, 0.717) is 0 Å². The van der Waals surface area contributed by atoms with Crippen LogP contribution in [0.3, 0.4) is 0 Å². The molecule has 1 saturated heterocycles. The summed E-state index contributed by atoms with van der Waals surface area (Å²) in [5.41, 5.74) is 2.82. The van der Waals surface area contributed by atoms with Gasteiger partial charge in [0.05, 0.1) is 10.7 Å². The van der Waals surface area contributed by atoms with Crippen molar-refractivity contribution < 1.29 is 0 Å². The largest absolute Gasteiger partial charge is 0.365 e. The molecule has 0 amide bonds. The van der Waals surface area contributed by atoms with Crippen molar-refractivity contribution in [1.29, 1.82) is 0 Å². The van der Waals surface area contributed by atoms with Crippen LogP contribution in [0, 0.1) is 0 Å². The van der Waals surface area contributed by atoms with Gasteiger partial charge in [-0.15, -0.1) is 0 Å².